The fourth-order valence-electron chi connectivity index (χ4n) is 2.09. The van der Waals surface area contributed by atoms with Crippen molar-refractivity contribution in [1.29, 1.82) is 0 Å². The van der Waals surface area contributed by atoms with Crippen molar-refractivity contribution in [2.24, 2.45) is 0 Å². The van der Waals surface area contributed by atoms with Crippen molar-refractivity contribution in [3.63, 3.8) is 0 Å². The van der Waals surface area contributed by atoms with E-state index in [1.807, 2.05) is 0 Å². The second kappa shape index (κ2) is 7.05. The lowest BCUT2D eigenvalue weighted by atomic mass is 10.4. The minimum absolute atomic E-state index is 0.187. The Morgan fingerprint density at radius 3 is 2.45 bits per heavy atom. The summed E-state index contributed by atoms with van der Waals surface area (Å²) in [7, 11) is -3.55. The van der Waals surface area contributed by atoms with Crippen molar-refractivity contribution in [1.82, 2.24) is 9.38 Å². The summed E-state index contributed by atoms with van der Waals surface area (Å²) in [6.45, 7) is 5.85. The Bertz CT molecular complexity index is 702. The molecule has 0 atom stereocenters. The van der Waals surface area contributed by atoms with Gasteiger partial charge >= 0.3 is 13.6 Å². The molecule has 0 fully saturated rings. The average molecular weight is 326 g/mol. The molecule has 0 aliphatic rings. The molecule has 0 saturated carbocycles. The van der Waals surface area contributed by atoms with Crippen LogP contribution in [0.15, 0.2) is 24.4 Å². The fourth-order valence-corrected chi connectivity index (χ4v) is 3.83. The first-order chi connectivity index (χ1) is 10.6. The van der Waals surface area contributed by atoms with Gasteiger partial charge in [0.1, 0.15) is 11.1 Å². The van der Waals surface area contributed by atoms with E-state index in [9.17, 15) is 9.36 Å². The number of carbonyl (C=O) groups excluding carboxylic acids is 1. The van der Waals surface area contributed by atoms with E-state index in [4.69, 9.17) is 13.8 Å². The number of rotatable bonds is 7. The number of carbonyl (C=O) groups is 1. The van der Waals surface area contributed by atoms with Crippen LogP contribution in [-0.2, 0) is 18.3 Å². The van der Waals surface area contributed by atoms with Crippen LogP contribution in [0.1, 0.15) is 31.3 Å². The third-order valence-corrected chi connectivity index (χ3v) is 4.98. The Balaban J connectivity index is 2.65. The van der Waals surface area contributed by atoms with Crippen LogP contribution in [0.5, 0.6) is 0 Å². The molecule has 7 nitrogen and oxygen atoms in total. The van der Waals surface area contributed by atoms with Crippen molar-refractivity contribution in [2.45, 2.75) is 20.8 Å². The number of hydrogen-bond donors (Lipinski definition) is 0. The van der Waals surface area contributed by atoms with Gasteiger partial charge in [0.25, 0.3) is 0 Å². The SMILES string of the molecule is CCOC(=O)c1cnc2cccc(P(=O)(OCC)OCC)n12. The molecule has 2 aromatic heterocycles. The van der Waals surface area contributed by atoms with E-state index < -0.39 is 13.6 Å². The molecule has 120 valence electrons. The first-order valence-corrected chi connectivity index (χ1v) is 8.64. The smallest absolute Gasteiger partial charge is 0.378 e. The third kappa shape index (κ3) is 3.06. The van der Waals surface area contributed by atoms with Crippen LogP contribution in [0.25, 0.3) is 5.65 Å². The van der Waals surface area contributed by atoms with E-state index >= 15 is 0 Å². The maximum Gasteiger partial charge on any atom is 0.378 e. The number of pyridine rings is 1. The Labute approximate surface area is 128 Å². The molecule has 0 N–H and O–H groups in total. The van der Waals surface area contributed by atoms with Crippen molar-refractivity contribution < 1.29 is 23.1 Å². The molecule has 0 saturated heterocycles. The maximum atomic E-state index is 13.0. The van der Waals surface area contributed by atoms with E-state index in [2.05, 4.69) is 4.98 Å². The minimum atomic E-state index is -3.55. The number of aromatic nitrogens is 2. The van der Waals surface area contributed by atoms with E-state index in [1.54, 1.807) is 39.0 Å². The molecule has 0 bridgehead atoms. The molecule has 0 spiro atoms. The number of esters is 1. The Hall–Kier alpha value is -1.69. The van der Waals surface area contributed by atoms with Gasteiger partial charge in [-0.3, -0.25) is 8.97 Å². The molecule has 2 heterocycles. The zero-order valence-corrected chi connectivity index (χ0v) is 13.7. The van der Waals surface area contributed by atoms with Gasteiger partial charge in [0.2, 0.25) is 0 Å². The summed E-state index contributed by atoms with van der Waals surface area (Å²) in [5, 5.41) is 0. The molecule has 2 aromatic rings. The highest BCUT2D eigenvalue weighted by Crippen LogP contribution is 2.46. The molecular formula is C14H19N2O5P. The van der Waals surface area contributed by atoms with Crippen LogP contribution in [0.4, 0.5) is 0 Å². The van der Waals surface area contributed by atoms with Gasteiger partial charge < -0.3 is 13.8 Å². The Morgan fingerprint density at radius 2 is 1.86 bits per heavy atom. The lowest BCUT2D eigenvalue weighted by molar-refractivity contribution is 0.0518. The van der Waals surface area contributed by atoms with Gasteiger partial charge in [-0.15, -0.1) is 0 Å². The summed E-state index contributed by atoms with van der Waals surface area (Å²) in [4.78, 5) is 16.2. The van der Waals surface area contributed by atoms with Gasteiger partial charge in [-0.2, -0.15) is 0 Å². The van der Waals surface area contributed by atoms with Gasteiger partial charge in [0.05, 0.1) is 26.0 Å². The zero-order valence-electron chi connectivity index (χ0n) is 12.8. The quantitative estimate of drug-likeness (QED) is 0.574. The van der Waals surface area contributed by atoms with E-state index in [0.717, 1.165) is 0 Å². The zero-order chi connectivity index (χ0) is 16.2. The van der Waals surface area contributed by atoms with E-state index in [0.29, 0.717) is 5.65 Å². The molecular weight excluding hydrogens is 307 g/mol. The van der Waals surface area contributed by atoms with Crippen molar-refractivity contribution in [3.05, 3.63) is 30.1 Å². The van der Waals surface area contributed by atoms with Gasteiger partial charge in [-0.1, -0.05) is 6.07 Å². The third-order valence-electron chi connectivity index (χ3n) is 2.87. The summed E-state index contributed by atoms with van der Waals surface area (Å²) < 4.78 is 30.2. The summed E-state index contributed by atoms with van der Waals surface area (Å²) >= 11 is 0. The number of fused-ring (bicyclic) bond motifs is 1. The standard InChI is InChI=1S/C14H19N2O5P/c1-4-19-14(17)11-10-15-12-8-7-9-13(16(11)12)22(18,20-5-2)21-6-3/h7-10H,4-6H2,1-3H3. The van der Waals surface area contributed by atoms with Crippen molar-refractivity contribution in [3.8, 4) is 0 Å². The number of hydrogen-bond acceptors (Lipinski definition) is 6. The Morgan fingerprint density at radius 1 is 1.18 bits per heavy atom. The molecule has 0 amide bonds. The topological polar surface area (TPSA) is 79.1 Å². The monoisotopic (exact) mass is 326 g/mol. The molecule has 0 aliphatic heterocycles. The van der Waals surface area contributed by atoms with Crippen LogP contribution in [0.2, 0.25) is 0 Å². The van der Waals surface area contributed by atoms with Gasteiger partial charge in [-0.05, 0) is 32.9 Å². The molecule has 0 unspecified atom stereocenters. The van der Waals surface area contributed by atoms with E-state index in [1.165, 1.54) is 10.6 Å². The van der Waals surface area contributed by atoms with Crippen LogP contribution >= 0.6 is 7.60 Å². The van der Waals surface area contributed by atoms with Crippen LogP contribution < -0.4 is 5.44 Å². The highest BCUT2D eigenvalue weighted by atomic mass is 31.2. The largest absolute Gasteiger partial charge is 0.461 e. The predicted octanol–water partition coefficient (Wildman–Crippen LogP) is 2.40. The van der Waals surface area contributed by atoms with Crippen molar-refractivity contribution in [2.75, 3.05) is 19.8 Å². The summed E-state index contributed by atoms with van der Waals surface area (Å²) in [5.74, 6) is -0.540. The number of ether oxygens (including phenoxy) is 1. The highest BCUT2D eigenvalue weighted by Gasteiger charge is 2.31. The second-order valence-corrected chi connectivity index (χ2v) is 6.24. The molecule has 0 radical (unpaired) electrons. The summed E-state index contributed by atoms with van der Waals surface area (Å²) in [6, 6.07) is 5.00. The summed E-state index contributed by atoms with van der Waals surface area (Å²) in [5.41, 5.74) is 0.918. The number of nitrogens with zero attached hydrogens (tertiary/aromatic N) is 2. The Kier molecular flexibility index (Phi) is 5.34. The lowest BCUT2D eigenvalue weighted by Gasteiger charge is -2.19. The van der Waals surface area contributed by atoms with Gasteiger partial charge in [-0.25, -0.2) is 9.78 Å². The normalized spacial score (nSPS) is 11.8. The van der Waals surface area contributed by atoms with E-state index in [-0.39, 0.29) is 30.9 Å². The maximum absolute atomic E-state index is 13.0. The van der Waals surface area contributed by atoms with Crippen LogP contribution in [0.3, 0.4) is 0 Å². The minimum Gasteiger partial charge on any atom is -0.461 e. The van der Waals surface area contributed by atoms with Crippen molar-refractivity contribution >= 4 is 24.6 Å². The molecule has 0 aliphatic carbocycles. The molecule has 2 rings (SSSR count). The second-order valence-electron chi connectivity index (χ2n) is 4.27. The summed E-state index contributed by atoms with van der Waals surface area (Å²) in [6.07, 6.45) is 1.39. The molecule has 0 aromatic carbocycles. The highest BCUT2D eigenvalue weighted by molar-refractivity contribution is 7.62. The van der Waals surface area contributed by atoms with Gasteiger partial charge in [0.15, 0.2) is 5.69 Å². The number of imidazole rings is 1. The average Bonchev–Trinajstić information content (AvgIpc) is 2.91. The fraction of sp³-hybridized carbons (Fsp3) is 0.429. The van der Waals surface area contributed by atoms with Crippen LogP contribution in [0, 0.1) is 0 Å². The first-order valence-electron chi connectivity index (χ1n) is 7.10. The molecule has 8 heteroatoms. The predicted molar refractivity (Wildman–Crippen MR) is 81.6 cm³/mol. The van der Waals surface area contributed by atoms with Gasteiger partial charge in [0, 0.05) is 0 Å². The molecule has 22 heavy (non-hydrogen) atoms. The first kappa shape index (κ1) is 16.7. The lowest BCUT2D eigenvalue weighted by Crippen LogP contribution is -2.22. The van der Waals surface area contributed by atoms with Crippen LogP contribution in [-0.4, -0.2) is 35.2 Å².